The maximum atomic E-state index is 12.8. The van der Waals surface area contributed by atoms with Crippen molar-refractivity contribution in [3.8, 4) is 5.75 Å². The predicted molar refractivity (Wildman–Crippen MR) is 138 cm³/mol. The molecule has 1 aromatic heterocycles. The van der Waals surface area contributed by atoms with Crippen LogP contribution in [-0.4, -0.2) is 36.3 Å². The van der Waals surface area contributed by atoms with E-state index in [0.29, 0.717) is 12.2 Å². The number of hydrogen-bond donors (Lipinski definition) is 2. The highest BCUT2D eigenvalue weighted by Gasteiger charge is 2.17. The van der Waals surface area contributed by atoms with Crippen molar-refractivity contribution in [2.45, 2.75) is 53.2 Å². The number of hydrogen-bond acceptors (Lipinski definition) is 4. The number of fused-ring (bicyclic) bond motifs is 1. The van der Waals surface area contributed by atoms with Crippen LogP contribution >= 0.6 is 0 Å². The van der Waals surface area contributed by atoms with Gasteiger partial charge in [0, 0.05) is 54.6 Å². The summed E-state index contributed by atoms with van der Waals surface area (Å²) in [5, 5.41) is 7.77. The van der Waals surface area contributed by atoms with Crippen molar-refractivity contribution >= 4 is 22.5 Å². The molecule has 0 unspecified atom stereocenters. The lowest BCUT2D eigenvalue weighted by Crippen LogP contribution is -2.27. The summed E-state index contributed by atoms with van der Waals surface area (Å²) in [6.45, 7) is 12.0. The lowest BCUT2D eigenvalue weighted by Gasteiger charge is -2.19. The van der Waals surface area contributed by atoms with Gasteiger partial charge in [-0.15, -0.1) is 0 Å². The van der Waals surface area contributed by atoms with Gasteiger partial charge in [-0.3, -0.25) is 4.79 Å². The predicted octanol–water partition coefficient (Wildman–Crippen LogP) is 5.43. The number of amides is 1. The average Bonchev–Trinajstić information content (AvgIpc) is 3.40. The summed E-state index contributed by atoms with van der Waals surface area (Å²) in [6.07, 6.45) is 2.31. The molecule has 1 fully saturated rings. The number of aromatic nitrogens is 1. The topological polar surface area (TPSA) is 64.5 Å². The number of ether oxygens (including phenoxy) is 2. The van der Waals surface area contributed by atoms with Crippen molar-refractivity contribution in [1.29, 1.82) is 0 Å². The van der Waals surface area contributed by atoms with E-state index in [4.69, 9.17) is 9.47 Å². The summed E-state index contributed by atoms with van der Waals surface area (Å²) >= 11 is 0. The highest BCUT2D eigenvalue weighted by molar-refractivity contribution is 6.05. The zero-order valence-corrected chi connectivity index (χ0v) is 21.0. The van der Waals surface area contributed by atoms with Gasteiger partial charge in [-0.05, 0) is 73.2 Å². The van der Waals surface area contributed by atoms with E-state index in [9.17, 15) is 4.79 Å². The molecule has 6 heteroatoms. The zero-order valence-electron chi connectivity index (χ0n) is 21.0. The number of benzene rings is 2. The Balaban J connectivity index is 1.41. The molecule has 2 aromatic carbocycles. The smallest absolute Gasteiger partial charge is 0.255 e. The zero-order chi connectivity index (χ0) is 24.3. The van der Waals surface area contributed by atoms with Crippen molar-refractivity contribution in [2.75, 3.05) is 25.1 Å². The molecule has 0 aliphatic carbocycles. The van der Waals surface area contributed by atoms with Crippen LogP contribution in [0.25, 0.3) is 10.9 Å². The second-order valence-corrected chi connectivity index (χ2v) is 10.5. The van der Waals surface area contributed by atoms with E-state index in [1.807, 2.05) is 18.2 Å². The Kier molecular flexibility index (Phi) is 7.29. The fourth-order valence-corrected chi connectivity index (χ4v) is 4.44. The number of anilines is 1. The quantitative estimate of drug-likeness (QED) is 0.467. The molecule has 0 saturated carbocycles. The SMILES string of the molecule is Cc1c(CNCC(C)(C)C)n(C)c2ccc(NC(=O)c3ccc(OC[C@@H]4CCCO4)cc3)cc12. The molecule has 0 spiro atoms. The number of carbonyl (C=O) groups excluding carboxylic acids is 1. The Bertz CT molecular complexity index is 1140. The Morgan fingerprint density at radius 3 is 2.62 bits per heavy atom. The minimum Gasteiger partial charge on any atom is -0.491 e. The first-order valence-electron chi connectivity index (χ1n) is 12.2. The van der Waals surface area contributed by atoms with E-state index >= 15 is 0 Å². The van der Waals surface area contributed by atoms with Crippen LogP contribution < -0.4 is 15.4 Å². The van der Waals surface area contributed by atoms with Crippen LogP contribution in [-0.2, 0) is 18.3 Å². The van der Waals surface area contributed by atoms with Crippen LogP contribution in [0, 0.1) is 12.3 Å². The van der Waals surface area contributed by atoms with E-state index in [1.165, 1.54) is 11.3 Å². The van der Waals surface area contributed by atoms with Gasteiger partial charge < -0.3 is 24.7 Å². The van der Waals surface area contributed by atoms with Crippen molar-refractivity contribution in [1.82, 2.24) is 9.88 Å². The lowest BCUT2D eigenvalue weighted by atomic mass is 9.97. The maximum absolute atomic E-state index is 12.8. The molecule has 6 nitrogen and oxygen atoms in total. The fourth-order valence-electron chi connectivity index (χ4n) is 4.44. The summed E-state index contributed by atoms with van der Waals surface area (Å²) in [4.78, 5) is 12.8. The monoisotopic (exact) mass is 463 g/mol. The molecule has 1 aliphatic rings. The van der Waals surface area contributed by atoms with Gasteiger partial charge >= 0.3 is 0 Å². The molecule has 4 rings (SSSR count). The second-order valence-electron chi connectivity index (χ2n) is 10.5. The third-order valence-electron chi connectivity index (χ3n) is 6.38. The standard InChI is InChI=1S/C28H37N3O3/c1-19-24-15-21(10-13-25(24)31(5)26(19)16-29-18-28(2,3)4)30-27(32)20-8-11-22(12-9-20)34-17-23-7-6-14-33-23/h8-13,15,23,29H,6-7,14,16-18H2,1-5H3,(H,30,32)/t23-/m0/s1. The van der Waals surface area contributed by atoms with E-state index in [2.05, 4.69) is 62.1 Å². The molecule has 3 aromatic rings. The summed E-state index contributed by atoms with van der Waals surface area (Å²) in [7, 11) is 2.10. The number of nitrogens with zero attached hydrogens (tertiary/aromatic N) is 1. The van der Waals surface area contributed by atoms with Crippen LogP contribution in [0.1, 0.15) is 55.2 Å². The highest BCUT2D eigenvalue weighted by atomic mass is 16.5. The van der Waals surface area contributed by atoms with Gasteiger partial charge in [0.25, 0.3) is 5.91 Å². The van der Waals surface area contributed by atoms with E-state index in [0.717, 1.165) is 54.9 Å². The van der Waals surface area contributed by atoms with E-state index in [1.54, 1.807) is 12.1 Å². The Labute approximate surface area is 202 Å². The Hall–Kier alpha value is -2.83. The molecule has 34 heavy (non-hydrogen) atoms. The molecule has 1 aliphatic heterocycles. The van der Waals surface area contributed by atoms with Gasteiger partial charge in [-0.2, -0.15) is 0 Å². The van der Waals surface area contributed by atoms with Crippen LogP contribution in [0.15, 0.2) is 42.5 Å². The summed E-state index contributed by atoms with van der Waals surface area (Å²) in [5.74, 6) is 0.617. The minimum absolute atomic E-state index is 0.134. The van der Waals surface area contributed by atoms with Gasteiger partial charge in [0.15, 0.2) is 0 Å². The molecule has 0 bridgehead atoms. The third-order valence-corrected chi connectivity index (χ3v) is 6.38. The largest absolute Gasteiger partial charge is 0.491 e. The fraction of sp³-hybridized carbons (Fsp3) is 0.464. The van der Waals surface area contributed by atoms with Gasteiger partial charge in [0.1, 0.15) is 12.4 Å². The molecule has 1 atom stereocenters. The summed E-state index contributed by atoms with van der Waals surface area (Å²) in [5.41, 5.74) is 5.30. The van der Waals surface area contributed by atoms with Crippen LogP contribution in [0.5, 0.6) is 5.75 Å². The van der Waals surface area contributed by atoms with Gasteiger partial charge in [-0.25, -0.2) is 0 Å². The summed E-state index contributed by atoms with van der Waals surface area (Å²) in [6, 6.07) is 13.4. The second kappa shape index (κ2) is 10.2. The molecular weight excluding hydrogens is 426 g/mol. The molecule has 182 valence electrons. The number of nitrogens with one attached hydrogen (secondary N) is 2. The minimum atomic E-state index is -0.134. The molecule has 1 amide bonds. The number of carbonyl (C=O) groups is 1. The van der Waals surface area contributed by atoms with Gasteiger partial charge in [0.2, 0.25) is 0 Å². The van der Waals surface area contributed by atoms with Crippen molar-refractivity contribution in [3.63, 3.8) is 0 Å². The molecule has 2 heterocycles. The first-order valence-corrected chi connectivity index (χ1v) is 12.2. The number of rotatable bonds is 8. The van der Waals surface area contributed by atoms with Gasteiger partial charge in [0.05, 0.1) is 6.10 Å². The van der Waals surface area contributed by atoms with Crippen LogP contribution in [0.2, 0.25) is 0 Å². The highest BCUT2D eigenvalue weighted by Crippen LogP contribution is 2.28. The van der Waals surface area contributed by atoms with E-state index in [-0.39, 0.29) is 17.4 Å². The van der Waals surface area contributed by atoms with Crippen molar-refractivity contribution in [2.24, 2.45) is 12.5 Å². The normalized spacial score (nSPS) is 16.2. The van der Waals surface area contributed by atoms with E-state index < -0.39 is 0 Å². The molecule has 1 saturated heterocycles. The molecule has 0 radical (unpaired) electrons. The Morgan fingerprint density at radius 2 is 1.94 bits per heavy atom. The maximum Gasteiger partial charge on any atom is 0.255 e. The average molecular weight is 464 g/mol. The first-order chi connectivity index (χ1) is 16.2. The number of aryl methyl sites for hydroxylation is 2. The van der Waals surface area contributed by atoms with Crippen LogP contribution in [0.3, 0.4) is 0 Å². The Morgan fingerprint density at radius 1 is 1.18 bits per heavy atom. The van der Waals surface area contributed by atoms with Crippen molar-refractivity contribution in [3.05, 3.63) is 59.3 Å². The van der Waals surface area contributed by atoms with Crippen molar-refractivity contribution < 1.29 is 14.3 Å². The third kappa shape index (κ3) is 5.80. The first kappa shape index (κ1) is 24.3. The molecule has 2 N–H and O–H groups in total. The lowest BCUT2D eigenvalue weighted by molar-refractivity contribution is 0.0679. The summed E-state index contributed by atoms with van der Waals surface area (Å²) < 4.78 is 13.6. The van der Waals surface area contributed by atoms with Crippen LogP contribution in [0.4, 0.5) is 5.69 Å². The van der Waals surface area contributed by atoms with Gasteiger partial charge in [-0.1, -0.05) is 20.8 Å². The molecular formula is C28H37N3O3.